The molecule has 0 bridgehead atoms. The highest BCUT2D eigenvalue weighted by Gasteiger charge is 2.28. The largest absolute Gasteiger partial charge is 0.478 e. The summed E-state index contributed by atoms with van der Waals surface area (Å²) >= 11 is 0. The fourth-order valence-electron chi connectivity index (χ4n) is 2.70. The second kappa shape index (κ2) is 5.16. The molecule has 1 aliphatic rings. The fraction of sp³-hybridized carbons (Fsp3) is 0.357. The number of fused-ring (bicyclic) bond motifs is 1. The summed E-state index contributed by atoms with van der Waals surface area (Å²) in [6.07, 6.45) is 2.77. The predicted molar refractivity (Wildman–Crippen MR) is 77.9 cm³/mol. The van der Waals surface area contributed by atoms with Crippen molar-refractivity contribution in [2.45, 2.75) is 24.3 Å². The number of nitrogens with one attached hydrogen (secondary N) is 1. The molecule has 112 valence electrons. The molecule has 6 nitrogen and oxygen atoms in total. The normalized spacial score (nSPS) is 17.1. The predicted octanol–water partition coefficient (Wildman–Crippen LogP) is 2.04. The molecule has 0 radical (unpaired) electrons. The van der Waals surface area contributed by atoms with Gasteiger partial charge in [-0.3, -0.25) is 0 Å². The van der Waals surface area contributed by atoms with E-state index in [2.05, 4.69) is 4.98 Å². The standard InChI is InChI=1S/C14H16N2O4S/c17-14(18)10-5-4-6-12-11(10)9-13(15-12)21(19,20)16-7-2-1-3-8-16/h4-6,9,15H,1-3,7-8H2,(H,17,18). The summed E-state index contributed by atoms with van der Waals surface area (Å²) in [4.78, 5) is 14.0. The summed E-state index contributed by atoms with van der Waals surface area (Å²) in [5.41, 5.74) is 0.620. The Balaban J connectivity index is 2.08. The third-order valence-electron chi connectivity index (χ3n) is 3.80. The van der Waals surface area contributed by atoms with Crippen LogP contribution in [0.2, 0.25) is 0 Å². The Morgan fingerprint density at radius 1 is 1.19 bits per heavy atom. The van der Waals surface area contributed by atoms with E-state index in [-0.39, 0.29) is 10.6 Å². The van der Waals surface area contributed by atoms with Gasteiger partial charge < -0.3 is 10.1 Å². The molecular weight excluding hydrogens is 292 g/mol. The van der Waals surface area contributed by atoms with Crippen LogP contribution in [0.3, 0.4) is 0 Å². The van der Waals surface area contributed by atoms with Gasteiger partial charge in [0.05, 0.1) is 5.56 Å². The number of hydrogen-bond donors (Lipinski definition) is 2. The van der Waals surface area contributed by atoms with Crippen molar-refractivity contribution < 1.29 is 18.3 Å². The first-order valence-corrected chi connectivity index (χ1v) is 8.29. The molecule has 1 saturated heterocycles. The number of aromatic amines is 1. The summed E-state index contributed by atoms with van der Waals surface area (Å²) in [5.74, 6) is -1.07. The lowest BCUT2D eigenvalue weighted by molar-refractivity contribution is 0.0699. The van der Waals surface area contributed by atoms with Crippen molar-refractivity contribution in [1.82, 2.24) is 9.29 Å². The van der Waals surface area contributed by atoms with Crippen LogP contribution in [0, 0.1) is 0 Å². The highest BCUT2D eigenvalue weighted by molar-refractivity contribution is 7.89. The molecule has 2 aromatic rings. The quantitative estimate of drug-likeness (QED) is 0.908. The highest BCUT2D eigenvalue weighted by Crippen LogP contribution is 2.26. The SMILES string of the molecule is O=C(O)c1cccc2[nH]c(S(=O)(=O)N3CCCCC3)cc12. The number of sulfonamides is 1. The minimum Gasteiger partial charge on any atom is -0.478 e. The molecule has 2 N–H and O–H groups in total. The van der Waals surface area contributed by atoms with Crippen molar-refractivity contribution >= 4 is 26.9 Å². The molecular formula is C14H16N2O4S. The molecule has 21 heavy (non-hydrogen) atoms. The maximum Gasteiger partial charge on any atom is 0.336 e. The topological polar surface area (TPSA) is 90.5 Å². The molecule has 2 heterocycles. The smallest absolute Gasteiger partial charge is 0.336 e. The average Bonchev–Trinajstić information content (AvgIpc) is 2.92. The maximum absolute atomic E-state index is 12.6. The van der Waals surface area contributed by atoms with Gasteiger partial charge >= 0.3 is 5.97 Å². The van der Waals surface area contributed by atoms with Gasteiger partial charge in [0.1, 0.15) is 5.03 Å². The van der Waals surface area contributed by atoms with Gasteiger partial charge in [0.2, 0.25) is 0 Å². The molecule has 1 aromatic carbocycles. The summed E-state index contributed by atoms with van der Waals surface area (Å²) in [7, 11) is -3.58. The first-order valence-electron chi connectivity index (χ1n) is 6.85. The van der Waals surface area contributed by atoms with Gasteiger partial charge in [-0.1, -0.05) is 12.5 Å². The van der Waals surface area contributed by atoms with E-state index in [1.807, 2.05) is 0 Å². The van der Waals surface area contributed by atoms with Crippen LogP contribution in [0.15, 0.2) is 29.3 Å². The molecule has 1 fully saturated rings. The summed E-state index contributed by atoms with van der Waals surface area (Å²) in [6, 6.07) is 6.16. The van der Waals surface area contributed by atoms with Crippen molar-refractivity contribution in [1.29, 1.82) is 0 Å². The third kappa shape index (κ3) is 2.43. The van der Waals surface area contributed by atoms with Crippen molar-refractivity contribution in [3.05, 3.63) is 29.8 Å². The lowest BCUT2D eigenvalue weighted by Gasteiger charge is -2.25. The van der Waals surface area contributed by atoms with Crippen LogP contribution < -0.4 is 0 Å². The van der Waals surface area contributed by atoms with Gasteiger partial charge in [0, 0.05) is 24.0 Å². The molecule has 0 atom stereocenters. The van der Waals surface area contributed by atoms with Crippen molar-refractivity contribution in [3.8, 4) is 0 Å². The summed E-state index contributed by atoms with van der Waals surface area (Å²) < 4.78 is 26.6. The average molecular weight is 308 g/mol. The zero-order valence-corrected chi connectivity index (χ0v) is 12.2. The van der Waals surface area contributed by atoms with Crippen LogP contribution in [-0.4, -0.2) is 41.9 Å². The Bertz CT molecular complexity index is 788. The minimum atomic E-state index is -3.58. The van der Waals surface area contributed by atoms with Crippen LogP contribution >= 0.6 is 0 Å². The molecule has 0 spiro atoms. The van der Waals surface area contributed by atoms with E-state index in [4.69, 9.17) is 5.11 Å². The Hall–Kier alpha value is -1.86. The van der Waals surface area contributed by atoms with E-state index < -0.39 is 16.0 Å². The summed E-state index contributed by atoms with van der Waals surface area (Å²) in [5, 5.41) is 9.65. The van der Waals surface area contributed by atoms with E-state index >= 15 is 0 Å². The van der Waals surface area contributed by atoms with Crippen LogP contribution in [0.1, 0.15) is 29.6 Å². The molecule has 0 unspecified atom stereocenters. The second-order valence-corrected chi connectivity index (χ2v) is 7.08. The number of carbonyl (C=O) groups is 1. The zero-order chi connectivity index (χ0) is 15.0. The zero-order valence-electron chi connectivity index (χ0n) is 11.4. The van der Waals surface area contributed by atoms with Crippen molar-refractivity contribution in [2.24, 2.45) is 0 Å². The third-order valence-corrected chi connectivity index (χ3v) is 5.62. The number of carboxylic acid groups (broad SMARTS) is 1. The van der Waals surface area contributed by atoms with Crippen LogP contribution in [0.25, 0.3) is 10.9 Å². The van der Waals surface area contributed by atoms with Crippen LogP contribution in [0.5, 0.6) is 0 Å². The second-order valence-electron chi connectivity index (χ2n) is 5.17. The molecule has 7 heteroatoms. The van der Waals surface area contributed by atoms with E-state index in [1.54, 1.807) is 12.1 Å². The van der Waals surface area contributed by atoms with Gasteiger partial charge in [-0.2, -0.15) is 4.31 Å². The number of carboxylic acids is 1. The van der Waals surface area contributed by atoms with Gasteiger partial charge in [-0.25, -0.2) is 13.2 Å². The number of rotatable bonds is 3. The van der Waals surface area contributed by atoms with Crippen molar-refractivity contribution in [2.75, 3.05) is 13.1 Å². The first kappa shape index (κ1) is 14.1. The number of hydrogen-bond acceptors (Lipinski definition) is 3. The van der Waals surface area contributed by atoms with Crippen molar-refractivity contribution in [3.63, 3.8) is 0 Å². The number of nitrogens with zero attached hydrogens (tertiary/aromatic N) is 1. The Morgan fingerprint density at radius 2 is 1.90 bits per heavy atom. The molecule has 0 saturated carbocycles. The number of H-pyrrole nitrogens is 1. The van der Waals surface area contributed by atoms with E-state index in [0.717, 1.165) is 19.3 Å². The Kier molecular flexibility index (Phi) is 3.46. The number of aromatic carboxylic acids is 1. The monoisotopic (exact) mass is 308 g/mol. The summed E-state index contributed by atoms with van der Waals surface area (Å²) in [6.45, 7) is 1.03. The molecule has 0 aliphatic carbocycles. The maximum atomic E-state index is 12.6. The molecule has 3 rings (SSSR count). The van der Waals surface area contributed by atoms with E-state index in [0.29, 0.717) is 24.0 Å². The molecule has 0 amide bonds. The highest BCUT2D eigenvalue weighted by atomic mass is 32.2. The van der Waals surface area contributed by atoms with Gasteiger partial charge in [0.15, 0.2) is 0 Å². The van der Waals surface area contributed by atoms with Gasteiger partial charge in [0.25, 0.3) is 10.0 Å². The molecule has 1 aliphatic heterocycles. The number of benzene rings is 1. The van der Waals surface area contributed by atoms with Gasteiger partial charge in [-0.15, -0.1) is 0 Å². The van der Waals surface area contributed by atoms with E-state index in [1.165, 1.54) is 16.4 Å². The van der Waals surface area contributed by atoms with Crippen LogP contribution in [0.4, 0.5) is 0 Å². The Morgan fingerprint density at radius 3 is 2.57 bits per heavy atom. The first-order chi connectivity index (χ1) is 10.00. The molecule has 1 aromatic heterocycles. The Labute approximate surface area is 122 Å². The lowest BCUT2D eigenvalue weighted by atomic mass is 10.1. The fourth-order valence-corrected chi connectivity index (χ4v) is 4.22. The number of aromatic nitrogens is 1. The lowest BCUT2D eigenvalue weighted by Crippen LogP contribution is -2.35. The minimum absolute atomic E-state index is 0.0631. The van der Waals surface area contributed by atoms with Crippen LogP contribution in [-0.2, 0) is 10.0 Å². The van der Waals surface area contributed by atoms with Gasteiger partial charge in [-0.05, 0) is 31.0 Å². The van der Waals surface area contributed by atoms with E-state index in [9.17, 15) is 13.2 Å². The number of piperidine rings is 1.